The minimum atomic E-state index is -0.105. The third-order valence-corrected chi connectivity index (χ3v) is 4.61. The van der Waals surface area contributed by atoms with Crippen molar-refractivity contribution >= 4 is 5.91 Å². The largest absolute Gasteiger partial charge is 0.490 e. The van der Waals surface area contributed by atoms with E-state index in [0.29, 0.717) is 36.0 Å². The molecule has 1 aliphatic heterocycles. The number of carbonyl (C=O) groups is 1. The number of benzene rings is 1. The van der Waals surface area contributed by atoms with E-state index in [9.17, 15) is 4.79 Å². The van der Waals surface area contributed by atoms with E-state index in [2.05, 4.69) is 15.4 Å². The lowest BCUT2D eigenvalue weighted by Gasteiger charge is -2.16. The van der Waals surface area contributed by atoms with Gasteiger partial charge in [0.1, 0.15) is 17.1 Å². The molecule has 0 unspecified atom stereocenters. The fourth-order valence-corrected chi connectivity index (χ4v) is 3.40. The molecule has 0 saturated carbocycles. The van der Waals surface area contributed by atoms with Gasteiger partial charge in [0, 0.05) is 18.3 Å². The highest BCUT2D eigenvalue weighted by atomic mass is 16.5. The Labute approximate surface area is 163 Å². The molecular formula is C21H23N5O2. The molecule has 0 bridgehead atoms. The second-order valence-electron chi connectivity index (χ2n) is 7.27. The first-order valence-electron chi connectivity index (χ1n) is 9.40. The van der Waals surface area contributed by atoms with Gasteiger partial charge < -0.3 is 10.1 Å². The molecule has 0 atom stereocenters. The highest BCUT2D eigenvalue weighted by Gasteiger charge is 2.20. The van der Waals surface area contributed by atoms with Gasteiger partial charge in [-0.15, -0.1) is 0 Å². The van der Waals surface area contributed by atoms with E-state index >= 15 is 0 Å². The van der Waals surface area contributed by atoms with Gasteiger partial charge in [0.2, 0.25) is 0 Å². The molecule has 28 heavy (non-hydrogen) atoms. The van der Waals surface area contributed by atoms with Crippen molar-refractivity contribution in [1.82, 2.24) is 25.1 Å². The molecule has 0 aliphatic carbocycles. The minimum absolute atomic E-state index is 0.105. The lowest BCUT2D eigenvalue weighted by atomic mass is 10.0. The van der Waals surface area contributed by atoms with E-state index in [4.69, 9.17) is 9.72 Å². The van der Waals surface area contributed by atoms with Crippen LogP contribution in [0.25, 0.3) is 22.8 Å². The third kappa shape index (κ3) is 3.35. The summed E-state index contributed by atoms with van der Waals surface area (Å²) in [5.74, 6) is 1.42. The molecule has 3 aromatic rings. The van der Waals surface area contributed by atoms with Crippen LogP contribution in [-0.2, 0) is 6.54 Å². The molecule has 7 nitrogen and oxygen atoms in total. The number of nitrogens with one attached hydrogen (secondary N) is 1. The molecule has 1 amide bonds. The number of carbonyl (C=O) groups excluding carboxylic acids is 1. The Kier molecular flexibility index (Phi) is 4.58. The summed E-state index contributed by atoms with van der Waals surface area (Å²) in [6, 6.07) is 7.66. The number of aryl methyl sites for hydroxylation is 2. The van der Waals surface area contributed by atoms with Crippen LogP contribution in [0.4, 0.5) is 0 Å². The van der Waals surface area contributed by atoms with Crippen molar-refractivity contribution in [2.45, 2.75) is 40.3 Å². The molecule has 144 valence electrons. The Morgan fingerprint density at radius 2 is 1.89 bits per heavy atom. The van der Waals surface area contributed by atoms with Gasteiger partial charge in [-0.1, -0.05) is 0 Å². The molecule has 4 rings (SSSR count). The van der Waals surface area contributed by atoms with E-state index in [-0.39, 0.29) is 12.0 Å². The van der Waals surface area contributed by atoms with E-state index < -0.39 is 0 Å². The van der Waals surface area contributed by atoms with Crippen LogP contribution >= 0.6 is 0 Å². The van der Waals surface area contributed by atoms with Gasteiger partial charge in [-0.25, -0.2) is 9.97 Å². The highest BCUT2D eigenvalue weighted by molar-refractivity contribution is 5.94. The van der Waals surface area contributed by atoms with Crippen LogP contribution in [0.3, 0.4) is 0 Å². The summed E-state index contributed by atoms with van der Waals surface area (Å²) in [6.07, 6.45) is 1.84. The Balaban J connectivity index is 1.71. The van der Waals surface area contributed by atoms with Crippen molar-refractivity contribution < 1.29 is 9.53 Å². The fourth-order valence-electron chi connectivity index (χ4n) is 3.40. The summed E-state index contributed by atoms with van der Waals surface area (Å²) in [7, 11) is 0. The van der Waals surface area contributed by atoms with Crippen LogP contribution < -0.4 is 10.1 Å². The number of amides is 1. The molecule has 0 spiro atoms. The maximum atomic E-state index is 12.0. The summed E-state index contributed by atoms with van der Waals surface area (Å²) < 4.78 is 7.65. The number of aromatic nitrogens is 4. The minimum Gasteiger partial charge on any atom is -0.490 e. The molecule has 3 heterocycles. The van der Waals surface area contributed by atoms with Gasteiger partial charge in [-0.3, -0.25) is 9.48 Å². The standard InChI is InChI=1S/C21H23N5O2/c1-12(2)28-19-13(3)9-15(10-14(19)4)20-22-6-5-16(24-20)17-11-18-21(27)23-7-8-26(18)25-17/h5-6,9-12H,7-8H2,1-4H3,(H,23,27). The van der Waals surface area contributed by atoms with E-state index in [1.165, 1.54) is 0 Å². The zero-order valence-electron chi connectivity index (χ0n) is 16.5. The molecule has 2 aromatic heterocycles. The zero-order valence-corrected chi connectivity index (χ0v) is 16.5. The maximum Gasteiger partial charge on any atom is 0.269 e. The van der Waals surface area contributed by atoms with Gasteiger partial charge >= 0.3 is 0 Å². The first kappa shape index (κ1) is 18.2. The average Bonchev–Trinajstić information content (AvgIpc) is 3.10. The molecule has 1 N–H and O–H groups in total. The zero-order chi connectivity index (χ0) is 19.8. The van der Waals surface area contributed by atoms with Crippen molar-refractivity contribution in [3.05, 3.63) is 47.3 Å². The maximum absolute atomic E-state index is 12.0. The van der Waals surface area contributed by atoms with Crippen molar-refractivity contribution in [2.75, 3.05) is 6.54 Å². The van der Waals surface area contributed by atoms with Crippen molar-refractivity contribution in [3.63, 3.8) is 0 Å². The van der Waals surface area contributed by atoms with E-state index in [1.807, 2.05) is 45.9 Å². The van der Waals surface area contributed by atoms with Gasteiger partial charge in [0.05, 0.1) is 18.3 Å². The fraction of sp³-hybridized carbons (Fsp3) is 0.333. The molecule has 7 heteroatoms. The Morgan fingerprint density at radius 3 is 2.57 bits per heavy atom. The molecule has 0 saturated heterocycles. The monoisotopic (exact) mass is 377 g/mol. The lowest BCUT2D eigenvalue weighted by molar-refractivity contribution is 0.0924. The van der Waals surface area contributed by atoms with Crippen LogP contribution in [0.2, 0.25) is 0 Å². The predicted molar refractivity (Wildman–Crippen MR) is 106 cm³/mol. The number of rotatable bonds is 4. The van der Waals surface area contributed by atoms with Gasteiger partial charge in [0.15, 0.2) is 5.82 Å². The number of hydrogen-bond acceptors (Lipinski definition) is 5. The SMILES string of the molecule is Cc1cc(-c2nccc(-c3cc4n(n3)CCNC4=O)n2)cc(C)c1OC(C)C. The van der Waals surface area contributed by atoms with Gasteiger partial charge in [-0.2, -0.15) is 5.10 Å². The van der Waals surface area contributed by atoms with Crippen LogP contribution in [0.5, 0.6) is 5.75 Å². The topological polar surface area (TPSA) is 81.9 Å². The van der Waals surface area contributed by atoms with Crippen LogP contribution in [-0.4, -0.2) is 38.3 Å². The van der Waals surface area contributed by atoms with Crippen molar-refractivity contribution in [2.24, 2.45) is 0 Å². The smallest absolute Gasteiger partial charge is 0.269 e. The Morgan fingerprint density at radius 1 is 1.14 bits per heavy atom. The molecular weight excluding hydrogens is 354 g/mol. The van der Waals surface area contributed by atoms with Crippen LogP contribution in [0.1, 0.15) is 35.5 Å². The number of hydrogen-bond donors (Lipinski definition) is 1. The number of nitrogens with zero attached hydrogens (tertiary/aromatic N) is 4. The highest BCUT2D eigenvalue weighted by Crippen LogP contribution is 2.30. The Bertz CT molecular complexity index is 1030. The quantitative estimate of drug-likeness (QED) is 0.755. The molecule has 0 fully saturated rings. The van der Waals surface area contributed by atoms with Crippen molar-refractivity contribution in [3.8, 4) is 28.5 Å². The summed E-state index contributed by atoms with van der Waals surface area (Å²) >= 11 is 0. The summed E-state index contributed by atoms with van der Waals surface area (Å²) in [5, 5.41) is 7.36. The summed E-state index contributed by atoms with van der Waals surface area (Å²) in [6.45, 7) is 9.34. The average molecular weight is 377 g/mol. The van der Waals surface area contributed by atoms with Crippen LogP contribution in [0.15, 0.2) is 30.5 Å². The molecule has 0 radical (unpaired) electrons. The number of fused-ring (bicyclic) bond motifs is 1. The first-order chi connectivity index (χ1) is 13.4. The van der Waals surface area contributed by atoms with Gasteiger partial charge in [-0.05, 0) is 63.1 Å². The lowest BCUT2D eigenvalue weighted by Crippen LogP contribution is -2.35. The first-order valence-corrected chi connectivity index (χ1v) is 9.40. The van der Waals surface area contributed by atoms with Crippen molar-refractivity contribution in [1.29, 1.82) is 0 Å². The van der Waals surface area contributed by atoms with Gasteiger partial charge in [0.25, 0.3) is 5.91 Å². The normalized spacial score (nSPS) is 13.4. The molecule has 1 aromatic carbocycles. The number of ether oxygens (including phenoxy) is 1. The van der Waals surface area contributed by atoms with Crippen LogP contribution in [0, 0.1) is 13.8 Å². The summed E-state index contributed by atoms with van der Waals surface area (Å²) in [4.78, 5) is 21.1. The second-order valence-corrected chi connectivity index (χ2v) is 7.27. The molecule has 1 aliphatic rings. The Hall–Kier alpha value is -3.22. The summed E-state index contributed by atoms with van der Waals surface area (Å²) in [5.41, 5.74) is 4.94. The second kappa shape index (κ2) is 7.07. The predicted octanol–water partition coefficient (Wildman–Crippen LogP) is 3.15. The van der Waals surface area contributed by atoms with E-state index in [0.717, 1.165) is 22.4 Å². The van der Waals surface area contributed by atoms with E-state index in [1.54, 1.807) is 16.9 Å². The third-order valence-electron chi connectivity index (χ3n) is 4.61.